The maximum Gasteiger partial charge on any atom is 0.416 e. The highest BCUT2D eigenvalue weighted by molar-refractivity contribution is 5.95. The Labute approximate surface area is 226 Å². The van der Waals surface area contributed by atoms with Crippen LogP contribution >= 0.6 is 0 Å². The third-order valence-corrected chi connectivity index (χ3v) is 6.33. The van der Waals surface area contributed by atoms with E-state index >= 15 is 0 Å². The molecule has 1 aromatic rings. The van der Waals surface area contributed by atoms with Gasteiger partial charge in [-0.05, 0) is 45.4 Å². The quantitative estimate of drug-likeness (QED) is 0.396. The van der Waals surface area contributed by atoms with Gasteiger partial charge in [-0.1, -0.05) is 18.2 Å². The second kappa shape index (κ2) is 12.1. The van der Waals surface area contributed by atoms with E-state index < -0.39 is 29.8 Å². The minimum absolute atomic E-state index is 0.0757. The standard InChI is InChI=1S/C27H36F3N5O4/c1-6-12-35-20(17-33-13-15-34(16-14-33)25(38)32-26(3,4)5)21(23(36)39-7-2)22(31-24(35)37)18-8-10-19(11-9-18)27(28,29)30/h6,8-11,22H,1,7,12-17H2,2-5H3,(H,31,37)(H,32,38). The fourth-order valence-electron chi connectivity index (χ4n) is 4.48. The van der Waals surface area contributed by atoms with Gasteiger partial charge in [0.15, 0.2) is 0 Å². The molecule has 1 atom stereocenters. The maximum absolute atomic E-state index is 13.2. The Balaban J connectivity index is 1.94. The molecule has 3 rings (SSSR count). The van der Waals surface area contributed by atoms with E-state index in [0.717, 1.165) is 12.1 Å². The predicted octanol–water partition coefficient (Wildman–Crippen LogP) is 3.90. The molecule has 0 saturated carbocycles. The lowest BCUT2D eigenvalue weighted by molar-refractivity contribution is -0.139. The molecule has 1 fully saturated rings. The van der Waals surface area contributed by atoms with Gasteiger partial charge in [-0.25, -0.2) is 14.4 Å². The summed E-state index contributed by atoms with van der Waals surface area (Å²) < 4.78 is 44.8. The summed E-state index contributed by atoms with van der Waals surface area (Å²) in [6, 6.07) is 2.66. The molecule has 0 radical (unpaired) electrons. The van der Waals surface area contributed by atoms with Crippen molar-refractivity contribution in [1.82, 2.24) is 25.3 Å². The lowest BCUT2D eigenvalue weighted by atomic mass is 9.93. The molecule has 2 aliphatic rings. The Hall–Kier alpha value is -3.54. The van der Waals surface area contributed by atoms with Gasteiger partial charge in [0.1, 0.15) is 0 Å². The van der Waals surface area contributed by atoms with Crippen LogP contribution in [0.5, 0.6) is 0 Å². The van der Waals surface area contributed by atoms with E-state index in [1.807, 2.05) is 25.7 Å². The molecule has 1 aromatic carbocycles. The molecule has 0 bridgehead atoms. The first kappa shape index (κ1) is 30.0. The third-order valence-electron chi connectivity index (χ3n) is 6.33. The Morgan fingerprint density at radius 2 is 1.74 bits per heavy atom. The van der Waals surface area contributed by atoms with Crippen molar-refractivity contribution in [3.05, 3.63) is 59.3 Å². The van der Waals surface area contributed by atoms with Crippen molar-refractivity contribution in [2.45, 2.75) is 45.5 Å². The molecule has 0 aliphatic carbocycles. The number of carbonyl (C=O) groups excluding carboxylic acids is 3. The molecule has 4 amide bonds. The highest BCUT2D eigenvalue weighted by Crippen LogP contribution is 2.35. The normalized spacial score (nSPS) is 19.1. The van der Waals surface area contributed by atoms with Crippen molar-refractivity contribution in [1.29, 1.82) is 0 Å². The van der Waals surface area contributed by atoms with Gasteiger partial charge in [0.2, 0.25) is 0 Å². The van der Waals surface area contributed by atoms with Crippen molar-refractivity contribution >= 4 is 18.0 Å². The average Bonchev–Trinajstić information content (AvgIpc) is 2.85. The smallest absolute Gasteiger partial charge is 0.416 e. The van der Waals surface area contributed by atoms with Crippen molar-refractivity contribution in [3.63, 3.8) is 0 Å². The Morgan fingerprint density at radius 3 is 2.26 bits per heavy atom. The number of nitrogens with zero attached hydrogens (tertiary/aromatic N) is 3. The summed E-state index contributed by atoms with van der Waals surface area (Å²) in [6.07, 6.45) is -3.00. The first-order valence-electron chi connectivity index (χ1n) is 12.8. The number of hydrogen-bond donors (Lipinski definition) is 2. The predicted molar refractivity (Wildman–Crippen MR) is 140 cm³/mol. The van der Waals surface area contributed by atoms with Gasteiger partial charge >= 0.3 is 24.2 Å². The van der Waals surface area contributed by atoms with Crippen LogP contribution in [-0.2, 0) is 15.7 Å². The topological polar surface area (TPSA) is 94.2 Å². The second-order valence-electron chi connectivity index (χ2n) is 10.4. The minimum atomic E-state index is -4.52. The number of carbonyl (C=O) groups is 3. The molecule has 39 heavy (non-hydrogen) atoms. The summed E-state index contributed by atoms with van der Waals surface area (Å²) in [5.74, 6) is -0.672. The van der Waals surface area contributed by atoms with Gasteiger partial charge < -0.3 is 20.3 Å². The number of piperazine rings is 1. The lowest BCUT2D eigenvalue weighted by Gasteiger charge is -2.40. The number of amides is 4. The van der Waals surface area contributed by atoms with Crippen LogP contribution in [0.15, 0.2) is 48.2 Å². The fourth-order valence-corrected chi connectivity index (χ4v) is 4.48. The molecule has 0 aromatic heterocycles. The highest BCUT2D eigenvalue weighted by Gasteiger charge is 2.39. The van der Waals surface area contributed by atoms with Crippen LogP contribution in [0.3, 0.4) is 0 Å². The van der Waals surface area contributed by atoms with E-state index in [2.05, 4.69) is 17.2 Å². The summed E-state index contributed by atoms with van der Waals surface area (Å²) in [5, 5.41) is 5.69. The Morgan fingerprint density at radius 1 is 1.13 bits per heavy atom. The molecule has 12 heteroatoms. The number of alkyl halides is 3. The zero-order valence-electron chi connectivity index (χ0n) is 22.7. The summed E-state index contributed by atoms with van der Waals surface area (Å²) in [4.78, 5) is 44.1. The monoisotopic (exact) mass is 551 g/mol. The molecule has 1 unspecified atom stereocenters. The number of hydrogen-bond acceptors (Lipinski definition) is 5. The lowest BCUT2D eigenvalue weighted by Crippen LogP contribution is -2.56. The molecule has 2 heterocycles. The SMILES string of the molecule is C=CCN1C(=O)NC(c2ccc(C(F)(F)F)cc2)C(C(=O)OCC)=C1CN1CCN(C(=O)NC(C)(C)C)CC1. The van der Waals surface area contributed by atoms with Crippen LogP contribution in [-0.4, -0.2) is 84.1 Å². The highest BCUT2D eigenvalue weighted by atomic mass is 19.4. The van der Waals surface area contributed by atoms with E-state index in [4.69, 9.17) is 4.74 Å². The van der Waals surface area contributed by atoms with Gasteiger partial charge in [0, 0.05) is 50.5 Å². The van der Waals surface area contributed by atoms with Gasteiger partial charge in [-0.15, -0.1) is 6.58 Å². The summed E-state index contributed by atoms with van der Waals surface area (Å²) in [5.41, 5.74) is -0.363. The molecule has 2 N–H and O–H groups in total. The fraction of sp³-hybridized carbons (Fsp3) is 0.519. The largest absolute Gasteiger partial charge is 0.463 e. The number of nitrogens with one attached hydrogen (secondary N) is 2. The molecule has 214 valence electrons. The molecule has 9 nitrogen and oxygen atoms in total. The van der Waals surface area contributed by atoms with Crippen molar-refractivity contribution in [3.8, 4) is 0 Å². The number of halogens is 3. The maximum atomic E-state index is 13.2. The number of benzene rings is 1. The average molecular weight is 552 g/mol. The van der Waals surface area contributed by atoms with E-state index in [0.29, 0.717) is 37.4 Å². The summed E-state index contributed by atoms with van der Waals surface area (Å²) in [6.45, 7) is 13.3. The van der Waals surface area contributed by atoms with E-state index in [1.165, 1.54) is 23.1 Å². The van der Waals surface area contributed by atoms with Crippen LogP contribution in [0.4, 0.5) is 22.8 Å². The molecular weight excluding hydrogens is 515 g/mol. The van der Waals surface area contributed by atoms with Gasteiger partial charge in [0.05, 0.1) is 23.8 Å². The Kier molecular flexibility index (Phi) is 9.31. The summed E-state index contributed by atoms with van der Waals surface area (Å²) in [7, 11) is 0. The van der Waals surface area contributed by atoms with Crippen LogP contribution in [0.25, 0.3) is 0 Å². The molecule has 1 saturated heterocycles. The molecular formula is C27H36F3N5O4. The van der Waals surface area contributed by atoms with Gasteiger partial charge in [-0.3, -0.25) is 9.80 Å². The molecule has 2 aliphatic heterocycles. The zero-order chi connectivity index (χ0) is 29.0. The first-order chi connectivity index (χ1) is 18.2. The second-order valence-corrected chi connectivity index (χ2v) is 10.4. The number of esters is 1. The number of urea groups is 2. The number of rotatable bonds is 7. The van der Waals surface area contributed by atoms with Crippen LogP contribution < -0.4 is 10.6 Å². The first-order valence-corrected chi connectivity index (χ1v) is 12.8. The Bertz CT molecular complexity index is 1100. The van der Waals surface area contributed by atoms with Crippen LogP contribution in [0, 0.1) is 0 Å². The minimum Gasteiger partial charge on any atom is -0.463 e. The van der Waals surface area contributed by atoms with Gasteiger partial charge in [0.25, 0.3) is 0 Å². The number of ether oxygens (including phenoxy) is 1. The van der Waals surface area contributed by atoms with Crippen LogP contribution in [0.2, 0.25) is 0 Å². The molecule has 0 spiro atoms. The third kappa shape index (κ3) is 7.53. The van der Waals surface area contributed by atoms with Crippen molar-refractivity contribution < 1.29 is 32.3 Å². The van der Waals surface area contributed by atoms with E-state index in [-0.39, 0.29) is 36.8 Å². The van der Waals surface area contributed by atoms with Gasteiger partial charge in [-0.2, -0.15) is 13.2 Å². The summed E-state index contributed by atoms with van der Waals surface area (Å²) >= 11 is 0. The van der Waals surface area contributed by atoms with E-state index in [1.54, 1.807) is 11.8 Å². The van der Waals surface area contributed by atoms with Crippen LogP contribution in [0.1, 0.15) is 44.9 Å². The van der Waals surface area contributed by atoms with Crippen molar-refractivity contribution in [2.24, 2.45) is 0 Å². The van der Waals surface area contributed by atoms with Crippen molar-refractivity contribution in [2.75, 3.05) is 45.9 Å². The zero-order valence-corrected chi connectivity index (χ0v) is 22.7. The van der Waals surface area contributed by atoms with E-state index in [9.17, 15) is 27.6 Å².